The molecule has 3 heterocycles. The van der Waals surface area contributed by atoms with Gasteiger partial charge in [-0.3, -0.25) is 14.2 Å². The van der Waals surface area contributed by atoms with Gasteiger partial charge in [-0.2, -0.15) is 14.8 Å². The Kier molecular flexibility index (Phi) is 5.98. The number of carbonyl (C=O) groups is 1. The van der Waals surface area contributed by atoms with E-state index >= 15 is 0 Å². The summed E-state index contributed by atoms with van der Waals surface area (Å²) in [6, 6.07) is 8.38. The first kappa shape index (κ1) is 21.9. The Labute approximate surface area is 185 Å². The second kappa shape index (κ2) is 9.02. The van der Waals surface area contributed by atoms with Gasteiger partial charge in [0.05, 0.1) is 12.0 Å². The maximum absolute atomic E-state index is 13.2. The van der Waals surface area contributed by atoms with Gasteiger partial charge in [0, 0.05) is 19.5 Å². The second-order valence-electron chi connectivity index (χ2n) is 7.30. The molecule has 1 unspecified atom stereocenters. The van der Waals surface area contributed by atoms with Gasteiger partial charge in [0.2, 0.25) is 5.82 Å². The van der Waals surface area contributed by atoms with E-state index in [9.17, 15) is 18.8 Å². The summed E-state index contributed by atoms with van der Waals surface area (Å²) in [7, 11) is 1.25. The van der Waals surface area contributed by atoms with Crippen molar-refractivity contribution in [1.29, 1.82) is 0 Å². The average Bonchev–Trinajstić information content (AvgIpc) is 3.50. The van der Waals surface area contributed by atoms with Gasteiger partial charge >= 0.3 is 17.5 Å². The number of benzene rings is 1. The number of aryl methyl sites for hydroxylation is 1. The fourth-order valence-corrected chi connectivity index (χ4v) is 3.05. The number of hydrogen-bond acceptors (Lipinski definition) is 8. The van der Waals surface area contributed by atoms with E-state index in [1.165, 1.54) is 19.2 Å². The lowest BCUT2D eigenvalue weighted by Gasteiger charge is -2.10. The predicted octanol–water partition coefficient (Wildman–Crippen LogP) is 1.46. The van der Waals surface area contributed by atoms with Crippen molar-refractivity contribution in [2.75, 3.05) is 0 Å². The van der Waals surface area contributed by atoms with Crippen LogP contribution in [0.15, 0.2) is 61.2 Å². The summed E-state index contributed by atoms with van der Waals surface area (Å²) in [5.74, 6) is -0.944. The summed E-state index contributed by atoms with van der Waals surface area (Å²) in [5.41, 5.74) is -1.61. The molecule has 1 atom stereocenters. The molecule has 3 aromatic heterocycles. The molecule has 4 aromatic rings. The highest BCUT2D eigenvalue weighted by molar-refractivity contribution is 5.90. The number of rotatable bonds is 7. The summed E-state index contributed by atoms with van der Waals surface area (Å²) in [6.45, 7) is 1.81. The molecule has 0 spiro atoms. The third kappa shape index (κ3) is 4.63. The average molecular weight is 454 g/mol. The van der Waals surface area contributed by atoms with Crippen LogP contribution in [0.25, 0.3) is 17.2 Å². The summed E-state index contributed by atoms with van der Waals surface area (Å²) in [5, 5.41) is 10.4. The fourth-order valence-electron chi connectivity index (χ4n) is 3.05. The highest BCUT2D eigenvalue weighted by Gasteiger charge is 2.22. The zero-order valence-corrected chi connectivity index (χ0v) is 17.7. The molecule has 12 heteroatoms. The summed E-state index contributed by atoms with van der Waals surface area (Å²) in [4.78, 5) is 41.5. The van der Waals surface area contributed by atoms with E-state index < -0.39 is 23.0 Å². The topological polar surface area (TPSA) is 138 Å². The Hall–Kier alpha value is -4.35. The van der Waals surface area contributed by atoms with Gasteiger partial charge in [0.15, 0.2) is 5.69 Å². The zero-order chi connectivity index (χ0) is 23.5. The normalized spacial score (nSPS) is 12.0. The van der Waals surface area contributed by atoms with Gasteiger partial charge in [-0.05, 0) is 49.7 Å². The van der Waals surface area contributed by atoms with Crippen LogP contribution < -0.4 is 16.6 Å². The lowest BCUT2D eigenvalue weighted by Crippen LogP contribution is -2.40. The molecule has 0 radical (unpaired) electrons. The second-order valence-corrected chi connectivity index (χ2v) is 7.30. The molecular formula is C21H19FN6O5. The van der Waals surface area contributed by atoms with Crippen molar-refractivity contribution in [2.24, 2.45) is 7.05 Å². The van der Waals surface area contributed by atoms with Crippen molar-refractivity contribution >= 4 is 5.91 Å². The van der Waals surface area contributed by atoms with E-state index in [0.29, 0.717) is 12.8 Å². The largest absolute Gasteiger partial charge is 0.469 e. The maximum atomic E-state index is 13.2. The van der Waals surface area contributed by atoms with E-state index in [-0.39, 0.29) is 29.1 Å². The third-order valence-corrected chi connectivity index (χ3v) is 4.86. The SMILES string of the molecule is CC(CCc1ccco1)NC(=O)c1nc(-c2nn(-c3ccc(F)cc3)c(=O)n(C)c2=O)no1. The van der Waals surface area contributed by atoms with E-state index in [1.54, 1.807) is 12.3 Å². The predicted molar refractivity (Wildman–Crippen MR) is 112 cm³/mol. The van der Waals surface area contributed by atoms with E-state index in [1.807, 2.05) is 13.0 Å². The number of nitrogens with one attached hydrogen (secondary N) is 1. The van der Waals surface area contributed by atoms with Gasteiger partial charge in [-0.15, -0.1) is 0 Å². The zero-order valence-electron chi connectivity index (χ0n) is 17.7. The molecular weight excluding hydrogens is 435 g/mol. The van der Waals surface area contributed by atoms with Crippen LogP contribution in [0, 0.1) is 5.82 Å². The Balaban J connectivity index is 1.56. The van der Waals surface area contributed by atoms with Crippen LogP contribution in [0.5, 0.6) is 0 Å². The molecule has 4 rings (SSSR count). The summed E-state index contributed by atoms with van der Waals surface area (Å²) < 4.78 is 25.2. The van der Waals surface area contributed by atoms with Gasteiger partial charge in [0.25, 0.3) is 5.56 Å². The van der Waals surface area contributed by atoms with Crippen LogP contribution in [0.3, 0.4) is 0 Å². The van der Waals surface area contributed by atoms with Crippen LogP contribution >= 0.6 is 0 Å². The molecule has 0 aliphatic heterocycles. The minimum absolute atomic E-state index is 0.218. The number of furan rings is 1. The van der Waals surface area contributed by atoms with Crippen molar-refractivity contribution in [1.82, 2.24) is 29.8 Å². The first-order chi connectivity index (χ1) is 15.8. The minimum atomic E-state index is -0.780. The van der Waals surface area contributed by atoms with Gasteiger partial charge in [-0.25, -0.2) is 9.18 Å². The van der Waals surface area contributed by atoms with E-state index in [0.717, 1.165) is 27.1 Å². The molecule has 33 heavy (non-hydrogen) atoms. The van der Waals surface area contributed by atoms with Gasteiger partial charge in [0.1, 0.15) is 11.6 Å². The maximum Gasteiger partial charge on any atom is 0.351 e. The van der Waals surface area contributed by atoms with Crippen LogP contribution in [-0.2, 0) is 13.5 Å². The van der Waals surface area contributed by atoms with Crippen molar-refractivity contribution in [3.8, 4) is 17.2 Å². The summed E-state index contributed by atoms with van der Waals surface area (Å²) in [6.07, 6.45) is 2.83. The molecule has 0 fully saturated rings. The molecule has 0 saturated heterocycles. The number of nitrogens with zero attached hydrogens (tertiary/aromatic N) is 5. The number of aromatic nitrogens is 5. The lowest BCUT2D eigenvalue weighted by molar-refractivity contribution is 0.0893. The molecule has 1 aromatic carbocycles. The molecule has 0 saturated carbocycles. The molecule has 0 aliphatic carbocycles. The van der Waals surface area contributed by atoms with Crippen LogP contribution in [-0.4, -0.2) is 36.4 Å². The molecule has 0 bridgehead atoms. The highest BCUT2D eigenvalue weighted by Crippen LogP contribution is 2.11. The molecule has 0 aliphatic rings. The fraction of sp³-hybridized carbons (Fsp3) is 0.238. The first-order valence-electron chi connectivity index (χ1n) is 9.97. The Morgan fingerprint density at radius 3 is 2.67 bits per heavy atom. The highest BCUT2D eigenvalue weighted by atomic mass is 19.1. The number of halogens is 1. The van der Waals surface area contributed by atoms with Crippen LogP contribution in [0.2, 0.25) is 0 Å². The summed E-state index contributed by atoms with van der Waals surface area (Å²) >= 11 is 0. The van der Waals surface area contributed by atoms with E-state index in [2.05, 4.69) is 20.6 Å². The Morgan fingerprint density at radius 2 is 1.97 bits per heavy atom. The monoisotopic (exact) mass is 454 g/mol. The molecule has 170 valence electrons. The van der Waals surface area contributed by atoms with Crippen LogP contribution in [0.1, 0.15) is 29.8 Å². The number of carbonyl (C=O) groups excluding carboxylic acids is 1. The van der Waals surface area contributed by atoms with Crippen molar-refractivity contribution in [3.05, 3.63) is 81.0 Å². The quantitative estimate of drug-likeness (QED) is 0.443. The number of hydrogen-bond donors (Lipinski definition) is 1. The Bertz CT molecular complexity index is 1390. The third-order valence-electron chi connectivity index (χ3n) is 4.86. The van der Waals surface area contributed by atoms with Crippen molar-refractivity contribution < 1.29 is 18.1 Å². The standard InChI is InChI=1S/C21H19FN6O5/c1-12(5-10-15-4-3-11-32-15)23-18(29)19-24-17(26-33-19)16-20(30)27(2)21(31)28(25-16)14-8-6-13(22)7-9-14/h3-4,6-9,11-12H,5,10H2,1-2H3,(H,23,29). The Morgan fingerprint density at radius 1 is 1.21 bits per heavy atom. The smallest absolute Gasteiger partial charge is 0.351 e. The van der Waals surface area contributed by atoms with Crippen LogP contribution in [0.4, 0.5) is 4.39 Å². The molecule has 1 N–H and O–H groups in total. The minimum Gasteiger partial charge on any atom is -0.469 e. The van der Waals surface area contributed by atoms with Gasteiger partial charge in [-0.1, -0.05) is 5.16 Å². The first-order valence-corrected chi connectivity index (χ1v) is 9.97. The molecule has 11 nitrogen and oxygen atoms in total. The lowest BCUT2D eigenvalue weighted by atomic mass is 10.1. The van der Waals surface area contributed by atoms with Crippen molar-refractivity contribution in [2.45, 2.75) is 25.8 Å². The number of amides is 1. The van der Waals surface area contributed by atoms with Gasteiger partial charge < -0.3 is 14.3 Å². The van der Waals surface area contributed by atoms with E-state index in [4.69, 9.17) is 8.94 Å². The molecule has 1 amide bonds. The van der Waals surface area contributed by atoms with Crippen molar-refractivity contribution in [3.63, 3.8) is 0 Å².